The Bertz CT molecular complexity index is 328. The van der Waals surface area contributed by atoms with Crippen molar-refractivity contribution < 1.29 is 9.47 Å². The van der Waals surface area contributed by atoms with Crippen molar-refractivity contribution in [3.05, 3.63) is 6.33 Å². The molecule has 15 heavy (non-hydrogen) atoms. The SMILES string of the molecule is COc1ncnc(OC(C)C(C)C)c1N. The van der Waals surface area contributed by atoms with Crippen molar-refractivity contribution in [3.8, 4) is 11.8 Å². The standard InChI is InChI=1S/C10H17N3O2/c1-6(2)7(3)15-10-8(11)9(14-4)12-5-13-10/h5-7H,11H2,1-4H3. The van der Waals surface area contributed by atoms with Gasteiger partial charge in [0.2, 0.25) is 11.8 Å². The molecule has 2 N–H and O–H groups in total. The lowest BCUT2D eigenvalue weighted by Crippen LogP contribution is -2.20. The van der Waals surface area contributed by atoms with E-state index < -0.39 is 0 Å². The van der Waals surface area contributed by atoms with Crippen LogP contribution in [0.5, 0.6) is 11.8 Å². The van der Waals surface area contributed by atoms with E-state index in [4.69, 9.17) is 15.2 Å². The lowest BCUT2D eigenvalue weighted by molar-refractivity contribution is 0.163. The summed E-state index contributed by atoms with van der Waals surface area (Å²) < 4.78 is 10.6. The zero-order chi connectivity index (χ0) is 11.4. The first kappa shape index (κ1) is 11.6. The van der Waals surface area contributed by atoms with Crippen LogP contribution in [-0.4, -0.2) is 23.2 Å². The van der Waals surface area contributed by atoms with Gasteiger partial charge in [-0.25, -0.2) is 0 Å². The summed E-state index contributed by atoms with van der Waals surface area (Å²) in [5, 5.41) is 0. The smallest absolute Gasteiger partial charge is 0.244 e. The van der Waals surface area contributed by atoms with E-state index in [1.807, 2.05) is 6.92 Å². The van der Waals surface area contributed by atoms with Crippen LogP contribution >= 0.6 is 0 Å². The number of rotatable bonds is 4. The molecule has 1 aromatic rings. The van der Waals surface area contributed by atoms with E-state index in [1.165, 1.54) is 13.4 Å². The second kappa shape index (κ2) is 4.82. The summed E-state index contributed by atoms with van der Waals surface area (Å²) in [6.07, 6.45) is 1.42. The van der Waals surface area contributed by atoms with E-state index in [1.54, 1.807) is 0 Å². The van der Waals surface area contributed by atoms with Gasteiger partial charge in [-0.2, -0.15) is 9.97 Å². The number of anilines is 1. The third-order valence-corrected chi connectivity index (χ3v) is 2.24. The van der Waals surface area contributed by atoms with Gasteiger partial charge in [-0.1, -0.05) is 13.8 Å². The van der Waals surface area contributed by atoms with Gasteiger partial charge >= 0.3 is 0 Å². The molecule has 0 saturated carbocycles. The number of nitrogens with two attached hydrogens (primary N) is 1. The minimum Gasteiger partial charge on any atom is -0.479 e. The maximum Gasteiger partial charge on any atom is 0.244 e. The molecule has 84 valence electrons. The molecular weight excluding hydrogens is 194 g/mol. The molecule has 0 amide bonds. The van der Waals surface area contributed by atoms with E-state index in [9.17, 15) is 0 Å². The van der Waals surface area contributed by atoms with Gasteiger partial charge in [0.25, 0.3) is 0 Å². The Morgan fingerprint density at radius 3 is 2.33 bits per heavy atom. The van der Waals surface area contributed by atoms with E-state index in [0.29, 0.717) is 23.4 Å². The van der Waals surface area contributed by atoms with Gasteiger partial charge in [0, 0.05) is 0 Å². The lowest BCUT2D eigenvalue weighted by Gasteiger charge is -2.18. The molecule has 5 nitrogen and oxygen atoms in total. The number of nitrogen functional groups attached to an aromatic ring is 1. The van der Waals surface area contributed by atoms with Crippen LogP contribution in [0.4, 0.5) is 5.69 Å². The summed E-state index contributed by atoms with van der Waals surface area (Å²) >= 11 is 0. The van der Waals surface area contributed by atoms with Gasteiger partial charge in [-0.05, 0) is 12.8 Å². The zero-order valence-corrected chi connectivity index (χ0v) is 9.52. The van der Waals surface area contributed by atoms with Gasteiger partial charge in [-0.15, -0.1) is 0 Å². The summed E-state index contributed by atoms with van der Waals surface area (Å²) in [6.45, 7) is 6.11. The minimum absolute atomic E-state index is 0.0481. The molecule has 0 bridgehead atoms. The molecular formula is C10H17N3O2. The highest BCUT2D eigenvalue weighted by molar-refractivity contribution is 5.55. The zero-order valence-electron chi connectivity index (χ0n) is 9.52. The van der Waals surface area contributed by atoms with Crippen LogP contribution < -0.4 is 15.2 Å². The summed E-state index contributed by atoms with van der Waals surface area (Å²) in [6, 6.07) is 0. The molecule has 0 aliphatic heterocycles. The average molecular weight is 211 g/mol. The van der Waals surface area contributed by atoms with Crippen molar-refractivity contribution in [2.45, 2.75) is 26.9 Å². The summed E-state index contributed by atoms with van der Waals surface area (Å²) in [7, 11) is 1.51. The number of aromatic nitrogens is 2. The van der Waals surface area contributed by atoms with Crippen LogP contribution in [0.25, 0.3) is 0 Å². The molecule has 0 aliphatic carbocycles. The number of hydrogen-bond acceptors (Lipinski definition) is 5. The van der Waals surface area contributed by atoms with Crippen LogP contribution in [0.3, 0.4) is 0 Å². The Hall–Kier alpha value is -1.52. The number of methoxy groups -OCH3 is 1. The van der Waals surface area contributed by atoms with Gasteiger partial charge in [0.1, 0.15) is 12.4 Å². The highest BCUT2D eigenvalue weighted by atomic mass is 16.5. The number of hydrogen-bond donors (Lipinski definition) is 1. The fourth-order valence-corrected chi connectivity index (χ4v) is 0.933. The van der Waals surface area contributed by atoms with E-state index in [2.05, 4.69) is 23.8 Å². The van der Waals surface area contributed by atoms with Crippen LogP contribution in [0, 0.1) is 5.92 Å². The quantitative estimate of drug-likeness (QED) is 0.817. The molecule has 1 aromatic heterocycles. The monoisotopic (exact) mass is 211 g/mol. The Morgan fingerprint density at radius 2 is 1.80 bits per heavy atom. The van der Waals surface area contributed by atoms with Crippen molar-refractivity contribution in [2.75, 3.05) is 12.8 Å². The maximum absolute atomic E-state index is 5.77. The van der Waals surface area contributed by atoms with Gasteiger partial charge in [-0.3, -0.25) is 0 Å². The fraction of sp³-hybridized carbons (Fsp3) is 0.600. The van der Waals surface area contributed by atoms with Crippen LogP contribution in [0.1, 0.15) is 20.8 Å². The number of ether oxygens (including phenoxy) is 2. The second-order valence-electron chi connectivity index (χ2n) is 3.67. The average Bonchev–Trinajstić information content (AvgIpc) is 2.21. The number of nitrogens with zero attached hydrogens (tertiary/aromatic N) is 2. The second-order valence-corrected chi connectivity index (χ2v) is 3.67. The van der Waals surface area contributed by atoms with Crippen molar-refractivity contribution in [2.24, 2.45) is 5.92 Å². The molecule has 0 aromatic carbocycles. The van der Waals surface area contributed by atoms with E-state index in [0.717, 1.165) is 0 Å². The highest BCUT2D eigenvalue weighted by Gasteiger charge is 2.14. The first-order valence-corrected chi connectivity index (χ1v) is 4.87. The third-order valence-electron chi connectivity index (χ3n) is 2.24. The molecule has 0 fully saturated rings. The predicted molar refractivity (Wildman–Crippen MR) is 57.9 cm³/mol. The van der Waals surface area contributed by atoms with Crippen molar-refractivity contribution in [3.63, 3.8) is 0 Å². The maximum atomic E-state index is 5.77. The first-order valence-electron chi connectivity index (χ1n) is 4.87. The Morgan fingerprint density at radius 1 is 1.20 bits per heavy atom. The Balaban J connectivity index is 2.86. The van der Waals surface area contributed by atoms with Crippen molar-refractivity contribution >= 4 is 5.69 Å². The van der Waals surface area contributed by atoms with Crippen LogP contribution in [0.2, 0.25) is 0 Å². The highest BCUT2D eigenvalue weighted by Crippen LogP contribution is 2.27. The lowest BCUT2D eigenvalue weighted by atomic mass is 10.1. The molecule has 0 spiro atoms. The molecule has 1 rings (SSSR count). The minimum atomic E-state index is 0.0481. The summed E-state index contributed by atoms with van der Waals surface area (Å²) in [5.41, 5.74) is 6.11. The predicted octanol–water partition coefficient (Wildman–Crippen LogP) is 1.49. The summed E-state index contributed by atoms with van der Waals surface area (Å²) in [4.78, 5) is 7.84. The Kier molecular flexibility index (Phi) is 3.71. The van der Waals surface area contributed by atoms with E-state index in [-0.39, 0.29) is 6.10 Å². The van der Waals surface area contributed by atoms with Gasteiger partial charge in [0.15, 0.2) is 5.69 Å². The molecule has 0 aliphatic rings. The molecule has 5 heteroatoms. The van der Waals surface area contributed by atoms with Gasteiger partial charge < -0.3 is 15.2 Å². The normalized spacial score (nSPS) is 12.6. The molecule has 1 unspecified atom stereocenters. The van der Waals surface area contributed by atoms with Gasteiger partial charge in [0.05, 0.1) is 7.11 Å². The topological polar surface area (TPSA) is 70.3 Å². The molecule has 0 saturated heterocycles. The van der Waals surface area contributed by atoms with Crippen LogP contribution in [-0.2, 0) is 0 Å². The molecule has 0 radical (unpaired) electrons. The third kappa shape index (κ3) is 2.71. The van der Waals surface area contributed by atoms with Crippen LogP contribution in [0.15, 0.2) is 6.33 Å². The van der Waals surface area contributed by atoms with E-state index >= 15 is 0 Å². The fourth-order valence-electron chi connectivity index (χ4n) is 0.933. The first-order chi connectivity index (χ1) is 7.06. The van der Waals surface area contributed by atoms with Crippen molar-refractivity contribution in [1.82, 2.24) is 9.97 Å². The largest absolute Gasteiger partial charge is 0.479 e. The summed E-state index contributed by atoms with van der Waals surface area (Å²) in [5.74, 6) is 1.12. The molecule has 1 heterocycles. The molecule has 1 atom stereocenters. The Labute approximate surface area is 89.6 Å². The van der Waals surface area contributed by atoms with Crippen molar-refractivity contribution in [1.29, 1.82) is 0 Å².